The molecule has 0 aliphatic heterocycles. The van der Waals surface area contributed by atoms with Crippen molar-refractivity contribution in [2.24, 2.45) is 0 Å². The summed E-state index contributed by atoms with van der Waals surface area (Å²) in [6.07, 6.45) is 0. The van der Waals surface area contributed by atoms with Gasteiger partial charge in [-0.3, -0.25) is 0 Å². The standard InChI is InChI=1S/3C9H12N.Yb/c3*1-10(2)8-9-6-4-3-5-7-9;/h3*3-6H,8H2,1-2H3;/q3*-1;+3. The van der Waals surface area contributed by atoms with Gasteiger partial charge in [-0.1, -0.05) is 0 Å². The van der Waals surface area contributed by atoms with E-state index in [1.54, 1.807) is 0 Å². The maximum absolute atomic E-state index is 3.16. The average Bonchev–Trinajstić information content (AvgIpc) is 2.70. The van der Waals surface area contributed by atoms with E-state index in [0.717, 1.165) is 19.6 Å². The molecule has 0 amide bonds. The normalized spacial score (nSPS) is 9.97. The zero-order chi connectivity index (χ0) is 22.2. The first-order valence-corrected chi connectivity index (χ1v) is 10.2. The Morgan fingerprint density at radius 2 is 0.742 bits per heavy atom. The minimum atomic E-state index is 0. The van der Waals surface area contributed by atoms with Gasteiger partial charge in [-0.15, -0.1) is 16.7 Å². The fourth-order valence-electron chi connectivity index (χ4n) is 2.61. The summed E-state index contributed by atoms with van der Waals surface area (Å²) in [4.78, 5) is 6.39. The topological polar surface area (TPSA) is 9.72 Å². The second kappa shape index (κ2) is 18.6. The molecule has 0 saturated heterocycles. The van der Waals surface area contributed by atoms with E-state index < -0.39 is 0 Å². The Morgan fingerprint density at radius 1 is 0.484 bits per heavy atom. The van der Waals surface area contributed by atoms with Gasteiger partial charge < -0.3 is 14.7 Å². The van der Waals surface area contributed by atoms with Crippen molar-refractivity contribution in [2.45, 2.75) is 19.6 Å². The van der Waals surface area contributed by atoms with E-state index in [1.807, 2.05) is 54.6 Å². The van der Waals surface area contributed by atoms with Gasteiger partial charge in [0, 0.05) is 19.6 Å². The van der Waals surface area contributed by atoms with Gasteiger partial charge in [0.15, 0.2) is 0 Å². The molecule has 0 atom stereocenters. The molecule has 0 N–H and O–H groups in total. The fourth-order valence-corrected chi connectivity index (χ4v) is 2.61. The molecule has 173 valence electrons. The maximum atomic E-state index is 3.16. The third-order valence-corrected chi connectivity index (χ3v) is 3.78. The minimum Gasteiger partial charge on any atom is -0.307 e. The zero-order valence-corrected chi connectivity index (χ0v) is 21.4. The van der Waals surface area contributed by atoms with Gasteiger partial charge in [-0.05, 0) is 42.3 Å². The summed E-state index contributed by atoms with van der Waals surface area (Å²) in [5.41, 5.74) is 3.73. The SMILES string of the molecule is CN(C)Cc1[c-]cccc1.CN(C)Cc1[c-]cccc1.CN(C)Cc1[c-]cccc1.[Yb+3]. The molecular formula is C27H36N3Yb. The summed E-state index contributed by atoms with van der Waals surface area (Å²) in [7, 11) is 12.3. The molecule has 0 fully saturated rings. The van der Waals surface area contributed by atoms with Crippen LogP contribution in [-0.4, -0.2) is 57.0 Å². The number of hydrogen-bond acceptors (Lipinski definition) is 3. The van der Waals surface area contributed by atoms with E-state index in [4.69, 9.17) is 0 Å². The Hall–Kier alpha value is -0.941. The third-order valence-electron chi connectivity index (χ3n) is 3.78. The molecule has 0 saturated carbocycles. The van der Waals surface area contributed by atoms with Crippen LogP contribution in [-0.2, 0) is 19.6 Å². The van der Waals surface area contributed by atoms with E-state index in [-0.39, 0.29) is 46.9 Å². The van der Waals surface area contributed by atoms with Crippen molar-refractivity contribution in [3.8, 4) is 0 Å². The molecule has 3 aromatic carbocycles. The van der Waals surface area contributed by atoms with Gasteiger partial charge in [-0.25, -0.2) is 0 Å². The van der Waals surface area contributed by atoms with Crippen molar-refractivity contribution >= 4 is 0 Å². The van der Waals surface area contributed by atoms with Crippen molar-refractivity contribution in [3.63, 3.8) is 0 Å². The van der Waals surface area contributed by atoms with Gasteiger partial charge in [-0.2, -0.15) is 91.0 Å². The Labute approximate surface area is 229 Å². The van der Waals surface area contributed by atoms with Crippen LogP contribution >= 0.6 is 0 Å². The molecule has 3 nitrogen and oxygen atoms in total. The summed E-state index contributed by atoms with van der Waals surface area (Å²) < 4.78 is 0. The summed E-state index contributed by atoms with van der Waals surface area (Å²) in [6, 6.07) is 33.6. The summed E-state index contributed by atoms with van der Waals surface area (Å²) in [6.45, 7) is 2.92. The first kappa shape index (κ1) is 30.1. The monoisotopic (exact) mass is 576 g/mol. The second-order valence-corrected chi connectivity index (χ2v) is 7.88. The van der Waals surface area contributed by atoms with Crippen LogP contribution in [0.25, 0.3) is 0 Å². The molecule has 0 aliphatic carbocycles. The Bertz CT molecular complexity index is 652. The molecular weight excluding hydrogens is 539 g/mol. The van der Waals surface area contributed by atoms with Gasteiger partial charge in [0.2, 0.25) is 0 Å². The smallest absolute Gasteiger partial charge is 0.307 e. The first-order valence-electron chi connectivity index (χ1n) is 10.2. The van der Waals surface area contributed by atoms with Crippen LogP contribution < -0.4 is 0 Å². The molecule has 0 aromatic heterocycles. The van der Waals surface area contributed by atoms with Crippen LogP contribution in [0.2, 0.25) is 0 Å². The van der Waals surface area contributed by atoms with Crippen LogP contribution in [0.3, 0.4) is 0 Å². The van der Waals surface area contributed by atoms with E-state index in [0.29, 0.717) is 0 Å². The van der Waals surface area contributed by atoms with Gasteiger partial charge in [0.1, 0.15) is 0 Å². The van der Waals surface area contributed by atoms with Gasteiger partial charge in [0.05, 0.1) is 0 Å². The molecule has 3 aromatic rings. The predicted octanol–water partition coefficient (Wildman–Crippen LogP) is 4.65. The molecule has 0 aliphatic rings. The number of nitrogens with zero attached hydrogens (tertiary/aromatic N) is 3. The molecule has 0 unspecified atom stereocenters. The third kappa shape index (κ3) is 17.3. The van der Waals surface area contributed by atoms with E-state index >= 15 is 0 Å². The van der Waals surface area contributed by atoms with Crippen LogP contribution in [0, 0.1) is 65.1 Å². The van der Waals surface area contributed by atoms with Gasteiger partial charge in [0.25, 0.3) is 0 Å². The van der Waals surface area contributed by atoms with Crippen LogP contribution in [0.15, 0.2) is 72.8 Å². The van der Waals surface area contributed by atoms with Crippen molar-refractivity contribution in [3.05, 3.63) is 108 Å². The first-order chi connectivity index (χ1) is 14.4. The second-order valence-electron chi connectivity index (χ2n) is 7.88. The van der Waals surface area contributed by atoms with Crippen molar-refractivity contribution in [1.29, 1.82) is 0 Å². The van der Waals surface area contributed by atoms with Gasteiger partial charge >= 0.3 is 46.9 Å². The van der Waals surface area contributed by atoms with E-state index in [9.17, 15) is 0 Å². The fraction of sp³-hybridized carbons (Fsp3) is 0.333. The Balaban J connectivity index is 0.000000429. The molecule has 0 spiro atoms. The zero-order valence-electron chi connectivity index (χ0n) is 19.7. The number of rotatable bonds is 6. The molecule has 3 rings (SSSR count). The van der Waals surface area contributed by atoms with Crippen molar-refractivity contribution in [1.82, 2.24) is 14.7 Å². The Morgan fingerprint density at radius 3 is 0.903 bits per heavy atom. The van der Waals surface area contributed by atoms with E-state index in [1.165, 1.54) is 16.7 Å². The van der Waals surface area contributed by atoms with Crippen LogP contribution in [0.1, 0.15) is 16.7 Å². The van der Waals surface area contributed by atoms with Crippen molar-refractivity contribution in [2.75, 3.05) is 42.3 Å². The summed E-state index contributed by atoms with van der Waals surface area (Å²) >= 11 is 0. The number of hydrogen-bond donors (Lipinski definition) is 0. The average molecular weight is 576 g/mol. The molecule has 0 bridgehead atoms. The minimum absolute atomic E-state index is 0. The molecule has 31 heavy (non-hydrogen) atoms. The molecule has 0 heterocycles. The Kier molecular flexibility index (Phi) is 18.0. The maximum Gasteiger partial charge on any atom is 3.00 e. The molecule has 4 heteroatoms. The van der Waals surface area contributed by atoms with Crippen molar-refractivity contribution < 1.29 is 46.9 Å². The predicted molar refractivity (Wildman–Crippen MR) is 128 cm³/mol. The largest absolute Gasteiger partial charge is 3.00 e. The van der Waals surface area contributed by atoms with Crippen LogP contribution in [0.5, 0.6) is 0 Å². The number of benzene rings is 3. The molecule has 1 radical (unpaired) electrons. The quantitative estimate of drug-likeness (QED) is 0.397. The summed E-state index contributed by atoms with van der Waals surface area (Å²) in [5.74, 6) is 0. The van der Waals surface area contributed by atoms with E-state index in [2.05, 4.69) is 93.4 Å². The summed E-state index contributed by atoms with van der Waals surface area (Å²) in [5, 5.41) is 0. The van der Waals surface area contributed by atoms with Crippen LogP contribution in [0.4, 0.5) is 0 Å².